The molecular weight excluding hydrogens is 304 g/mol. The number of amides is 1. The van der Waals surface area contributed by atoms with Crippen LogP contribution in [0.15, 0.2) is 4.99 Å². The Bertz CT molecular complexity index is 361. The van der Waals surface area contributed by atoms with Crippen molar-refractivity contribution in [1.82, 2.24) is 4.90 Å². The van der Waals surface area contributed by atoms with Gasteiger partial charge in [0.25, 0.3) is 0 Å². The summed E-state index contributed by atoms with van der Waals surface area (Å²) in [6.07, 6.45) is 1.27. The van der Waals surface area contributed by atoms with Crippen LogP contribution < -0.4 is 11.5 Å². The number of nitrogens with two attached hydrogens (primary N) is 2. The average Bonchev–Trinajstić information content (AvgIpc) is 2.63. The van der Waals surface area contributed by atoms with Gasteiger partial charge in [-0.2, -0.15) is 0 Å². The minimum Gasteiger partial charge on any atom is -0.480 e. The van der Waals surface area contributed by atoms with Crippen molar-refractivity contribution >= 4 is 33.8 Å². The Morgan fingerprint density at radius 2 is 2.33 bits per heavy atom. The van der Waals surface area contributed by atoms with Gasteiger partial charge in [0.15, 0.2) is 5.96 Å². The molecule has 0 bridgehead atoms. The SMILES string of the molecule is NC(=NCCCC(N)C(=O)O)N1CC(Br)CC1=O. The van der Waals surface area contributed by atoms with Gasteiger partial charge in [-0.15, -0.1) is 0 Å². The predicted molar refractivity (Wildman–Crippen MR) is 70.4 cm³/mol. The highest BCUT2D eigenvalue weighted by molar-refractivity contribution is 9.09. The highest BCUT2D eigenvalue weighted by Crippen LogP contribution is 2.17. The van der Waals surface area contributed by atoms with E-state index in [1.165, 1.54) is 4.90 Å². The van der Waals surface area contributed by atoms with Crippen molar-refractivity contribution in [3.63, 3.8) is 0 Å². The molecule has 0 aliphatic carbocycles. The monoisotopic (exact) mass is 320 g/mol. The quantitative estimate of drug-likeness (QED) is 0.272. The molecule has 2 atom stereocenters. The highest BCUT2D eigenvalue weighted by Gasteiger charge is 2.29. The maximum atomic E-state index is 11.5. The van der Waals surface area contributed by atoms with Crippen molar-refractivity contribution in [3.05, 3.63) is 0 Å². The number of hydrogen-bond donors (Lipinski definition) is 3. The van der Waals surface area contributed by atoms with Gasteiger partial charge in [0.1, 0.15) is 6.04 Å². The molecular formula is C10H17BrN4O3. The number of carboxylic acid groups (broad SMARTS) is 1. The number of hydrogen-bond acceptors (Lipinski definition) is 4. The normalized spacial score (nSPS) is 22.3. The molecule has 5 N–H and O–H groups in total. The number of guanidine groups is 1. The van der Waals surface area contributed by atoms with Crippen LogP contribution >= 0.6 is 15.9 Å². The van der Waals surface area contributed by atoms with Crippen LogP contribution in [0.4, 0.5) is 0 Å². The molecule has 1 amide bonds. The van der Waals surface area contributed by atoms with Crippen LogP contribution in [0.5, 0.6) is 0 Å². The van der Waals surface area contributed by atoms with E-state index in [9.17, 15) is 9.59 Å². The van der Waals surface area contributed by atoms with E-state index in [4.69, 9.17) is 16.6 Å². The van der Waals surface area contributed by atoms with E-state index in [-0.39, 0.29) is 16.7 Å². The number of alkyl halides is 1. The van der Waals surface area contributed by atoms with E-state index < -0.39 is 12.0 Å². The number of carboxylic acids is 1. The number of carbonyl (C=O) groups is 2. The summed E-state index contributed by atoms with van der Waals surface area (Å²) in [5.41, 5.74) is 11.0. The number of aliphatic imine (C=N–C) groups is 1. The molecule has 102 valence electrons. The molecule has 0 spiro atoms. The molecule has 8 heteroatoms. The van der Waals surface area contributed by atoms with Gasteiger partial charge in [0, 0.05) is 24.3 Å². The highest BCUT2D eigenvalue weighted by atomic mass is 79.9. The van der Waals surface area contributed by atoms with E-state index >= 15 is 0 Å². The van der Waals surface area contributed by atoms with Gasteiger partial charge >= 0.3 is 5.97 Å². The molecule has 7 nitrogen and oxygen atoms in total. The Morgan fingerprint density at radius 1 is 1.67 bits per heavy atom. The molecule has 0 radical (unpaired) electrons. The van der Waals surface area contributed by atoms with Crippen LogP contribution in [-0.4, -0.2) is 51.8 Å². The Labute approximate surface area is 113 Å². The van der Waals surface area contributed by atoms with Crippen molar-refractivity contribution in [2.24, 2.45) is 16.5 Å². The number of aliphatic carboxylic acids is 1. The van der Waals surface area contributed by atoms with E-state index in [2.05, 4.69) is 20.9 Å². The molecule has 2 unspecified atom stereocenters. The summed E-state index contributed by atoms with van der Waals surface area (Å²) >= 11 is 3.35. The predicted octanol–water partition coefficient (Wildman–Crippen LogP) is -0.511. The Balaban J connectivity index is 2.34. The fourth-order valence-corrected chi connectivity index (χ4v) is 2.17. The van der Waals surface area contributed by atoms with Crippen LogP contribution in [0, 0.1) is 0 Å². The second kappa shape index (κ2) is 6.69. The smallest absolute Gasteiger partial charge is 0.320 e. The topological polar surface area (TPSA) is 122 Å². The molecule has 1 heterocycles. The number of carbonyl (C=O) groups excluding carboxylic acids is 1. The second-order valence-electron chi connectivity index (χ2n) is 4.13. The van der Waals surface area contributed by atoms with Gasteiger partial charge in [0.2, 0.25) is 5.91 Å². The molecule has 0 aromatic rings. The molecule has 1 saturated heterocycles. The minimum absolute atomic E-state index is 0.0552. The standard InChI is InChI=1S/C10H17BrN4O3/c11-6-4-8(16)15(5-6)10(13)14-3-1-2-7(12)9(17)18/h6-7H,1-5,12H2,(H2,13,14)(H,17,18). The number of halogens is 1. The third kappa shape index (κ3) is 4.26. The van der Waals surface area contributed by atoms with Crippen molar-refractivity contribution in [3.8, 4) is 0 Å². The van der Waals surface area contributed by atoms with E-state index in [0.717, 1.165) is 0 Å². The lowest BCUT2D eigenvalue weighted by Crippen LogP contribution is -2.38. The lowest BCUT2D eigenvalue weighted by molar-refractivity contribution is -0.138. The zero-order chi connectivity index (χ0) is 13.7. The Kier molecular flexibility index (Phi) is 5.54. The molecule has 1 aliphatic rings. The maximum Gasteiger partial charge on any atom is 0.320 e. The summed E-state index contributed by atoms with van der Waals surface area (Å²) in [5.74, 6) is -0.894. The lowest BCUT2D eigenvalue weighted by Gasteiger charge is -2.14. The fraction of sp³-hybridized carbons (Fsp3) is 0.700. The van der Waals surface area contributed by atoms with Crippen molar-refractivity contribution in [2.45, 2.75) is 30.1 Å². The van der Waals surface area contributed by atoms with Gasteiger partial charge in [0.05, 0.1) is 0 Å². The first kappa shape index (κ1) is 14.9. The third-order valence-corrected chi connectivity index (χ3v) is 3.23. The largest absolute Gasteiger partial charge is 0.480 e. The molecule has 1 aliphatic heterocycles. The Hall–Kier alpha value is -1.15. The number of rotatable bonds is 5. The molecule has 18 heavy (non-hydrogen) atoms. The summed E-state index contributed by atoms with van der Waals surface area (Å²) in [7, 11) is 0. The van der Waals surface area contributed by atoms with E-state index in [1.807, 2.05) is 0 Å². The van der Waals surface area contributed by atoms with Crippen LogP contribution in [0.25, 0.3) is 0 Å². The summed E-state index contributed by atoms with van der Waals surface area (Å²) in [6.45, 7) is 0.881. The van der Waals surface area contributed by atoms with Crippen molar-refractivity contribution in [1.29, 1.82) is 0 Å². The van der Waals surface area contributed by atoms with Gasteiger partial charge < -0.3 is 16.6 Å². The first-order chi connectivity index (χ1) is 8.41. The molecule has 0 aromatic carbocycles. The minimum atomic E-state index is -1.02. The van der Waals surface area contributed by atoms with E-state index in [0.29, 0.717) is 32.4 Å². The molecule has 1 fully saturated rings. The Morgan fingerprint density at radius 3 is 2.83 bits per heavy atom. The van der Waals surface area contributed by atoms with Crippen LogP contribution in [0.1, 0.15) is 19.3 Å². The van der Waals surface area contributed by atoms with Crippen LogP contribution in [0.2, 0.25) is 0 Å². The first-order valence-electron chi connectivity index (χ1n) is 5.64. The van der Waals surface area contributed by atoms with Gasteiger partial charge in [-0.05, 0) is 12.8 Å². The maximum absolute atomic E-state index is 11.5. The summed E-state index contributed by atoms with van der Waals surface area (Å²) < 4.78 is 0. The zero-order valence-corrected chi connectivity index (χ0v) is 11.5. The van der Waals surface area contributed by atoms with Gasteiger partial charge in [-0.3, -0.25) is 19.5 Å². The van der Waals surface area contributed by atoms with Crippen molar-refractivity contribution in [2.75, 3.05) is 13.1 Å². The van der Waals surface area contributed by atoms with Crippen molar-refractivity contribution < 1.29 is 14.7 Å². The second-order valence-corrected chi connectivity index (χ2v) is 5.43. The number of likely N-dealkylation sites (tertiary alicyclic amines) is 1. The summed E-state index contributed by atoms with van der Waals surface area (Å²) in [6, 6.07) is -0.873. The zero-order valence-electron chi connectivity index (χ0n) is 9.88. The van der Waals surface area contributed by atoms with Crippen LogP contribution in [-0.2, 0) is 9.59 Å². The summed E-state index contributed by atoms with van der Waals surface area (Å²) in [5, 5.41) is 8.58. The van der Waals surface area contributed by atoms with E-state index in [1.54, 1.807) is 0 Å². The lowest BCUT2D eigenvalue weighted by atomic mass is 10.2. The third-order valence-electron chi connectivity index (χ3n) is 2.62. The first-order valence-corrected chi connectivity index (χ1v) is 6.56. The van der Waals surface area contributed by atoms with Gasteiger partial charge in [-0.25, -0.2) is 0 Å². The number of nitrogens with zero attached hydrogens (tertiary/aromatic N) is 2. The molecule has 0 aromatic heterocycles. The average molecular weight is 321 g/mol. The van der Waals surface area contributed by atoms with Crippen LogP contribution in [0.3, 0.4) is 0 Å². The van der Waals surface area contributed by atoms with Gasteiger partial charge in [-0.1, -0.05) is 15.9 Å². The molecule has 0 saturated carbocycles. The fourth-order valence-electron chi connectivity index (χ4n) is 1.60. The molecule has 1 rings (SSSR count). The summed E-state index contributed by atoms with van der Waals surface area (Å²) in [4.78, 5) is 27.6.